The van der Waals surface area contributed by atoms with Crippen molar-refractivity contribution >= 4 is 21.9 Å². The summed E-state index contributed by atoms with van der Waals surface area (Å²) < 4.78 is 35.6. The van der Waals surface area contributed by atoms with E-state index in [-0.39, 0.29) is 38.4 Å². The molecule has 26 heavy (non-hydrogen) atoms. The summed E-state index contributed by atoms with van der Waals surface area (Å²) in [6.45, 7) is 6.24. The number of hydrogen-bond acceptors (Lipinski definition) is 4. The first-order valence-electron chi connectivity index (χ1n) is 8.37. The average Bonchev–Trinajstić information content (AvgIpc) is 2.53. The first-order valence-corrected chi connectivity index (χ1v) is 10.4. The Kier molecular flexibility index (Phi) is 8.75. The molecule has 4 nitrogen and oxygen atoms in total. The SMILES string of the molecule is CCC(S)CCOc1c(F)c(C(C)(C)O)c([At])c(F)c1CC(C)C(=O)O. The van der Waals surface area contributed by atoms with E-state index in [1.807, 2.05) is 6.92 Å². The molecule has 0 bridgehead atoms. The van der Waals surface area contributed by atoms with Gasteiger partial charge in [-0.15, -0.1) is 0 Å². The second kappa shape index (κ2) is 9.65. The molecule has 8 heteroatoms. The molecule has 148 valence electrons. The van der Waals surface area contributed by atoms with E-state index >= 15 is 4.39 Å². The molecule has 0 spiro atoms. The van der Waals surface area contributed by atoms with Gasteiger partial charge in [-0.2, -0.15) is 0 Å². The van der Waals surface area contributed by atoms with Crippen molar-refractivity contribution in [1.82, 2.24) is 0 Å². The third-order valence-electron chi connectivity index (χ3n) is 4.08. The topological polar surface area (TPSA) is 66.8 Å². The number of carbonyl (C=O) groups is 1. The third kappa shape index (κ3) is 5.77. The molecule has 1 aromatic rings. The molecular weight excluding hydrogens is 560 g/mol. The fourth-order valence-electron chi connectivity index (χ4n) is 2.45. The molecule has 0 aliphatic carbocycles. The van der Waals surface area contributed by atoms with E-state index in [1.165, 1.54) is 20.8 Å². The first kappa shape index (κ1) is 23.6. The molecule has 2 N–H and O–H groups in total. The number of aliphatic hydroxyl groups is 1. The summed E-state index contributed by atoms with van der Waals surface area (Å²) in [6.07, 6.45) is 1.13. The average molecular weight is 585 g/mol. The fraction of sp³-hybridized carbons (Fsp3) is 0.611. The van der Waals surface area contributed by atoms with Crippen molar-refractivity contribution in [2.45, 2.75) is 57.8 Å². The van der Waals surface area contributed by atoms with Crippen LogP contribution in [0, 0.1) is 42.3 Å². The summed E-state index contributed by atoms with van der Waals surface area (Å²) in [6, 6.07) is 0. The van der Waals surface area contributed by atoms with Crippen molar-refractivity contribution in [3.8, 4) is 5.75 Å². The molecule has 0 aromatic heterocycles. The van der Waals surface area contributed by atoms with Crippen LogP contribution in [0.5, 0.6) is 5.75 Å². The van der Waals surface area contributed by atoms with Crippen molar-refractivity contribution in [2.75, 3.05) is 6.61 Å². The van der Waals surface area contributed by atoms with Gasteiger partial charge in [0.2, 0.25) is 0 Å². The second-order valence-corrected chi connectivity index (χ2v) is 9.03. The van der Waals surface area contributed by atoms with Crippen molar-refractivity contribution < 1.29 is 53.2 Å². The molecule has 0 heterocycles. The molecule has 0 fully saturated rings. The number of benzene rings is 1. The summed E-state index contributed by atoms with van der Waals surface area (Å²) >= 11 is 5.24. The van der Waals surface area contributed by atoms with Crippen LogP contribution in [0.3, 0.4) is 0 Å². The molecule has 1 rings (SSSR count). The van der Waals surface area contributed by atoms with Crippen LogP contribution in [0.2, 0.25) is 0 Å². The number of aliphatic carboxylic acids is 1. The monoisotopic (exact) mass is 585 g/mol. The molecule has 2 unspecified atom stereocenters. The summed E-state index contributed by atoms with van der Waals surface area (Å²) in [7, 11) is 0. The molecule has 0 aliphatic rings. The number of ether oxygens (including phenoxy) is 1. The zero-order chi connectivity index (χ0) is 20.2. The number of hydrogen-bond donors (Lipinski definition) is 3. The van der Waals surface area contributed by atoms with Gasteiger partial charge in [0.25, 0.3) is 0 Å². The Hall–Kier alpha value is -0.457. The van der Waals surface area contributed by atoms with E-state index < -0.39 is 29.1 Å². The van der Waals surface area contributed by atoms with Gasteiger partial charge in [-0.1, -0.05) is 0 Å². The molecule has 0 saturated carbocycles. The van der Waals surface area contributed by atoms with Gasteiger partial charge >= 0.3 is 174 Å². The van der Waals surface area contributed by atoms with E-state index in [9.17, 15) is 14.3 Å². The summed E-state index contributed by atoms with van der Waals surface area (Å²) in [5.41, 5.74) is -1.86. The molecular formula is C18H25AtF2O4S. The third-order valence-corrected chi connectivity index (χ3v) is 6.09. The zero-order valence-electron chi connectivity index (χ0n) is 15.3. The van der Waals surface area contributed by atoms with Gasteiger partial charge in [-0.25, -0.2) is 0 Å². The minimum atomic E-state index is -1.60. The van der Waals surface area contributed by atoms with Crippen molar-refractivity contribution in [3.63, 3.8) is 0 Å². The van der Waals surface area contributed by atoms with Crippen LogP contribution < -0.4 is 8.01 Å². The summed E-state index contributed by atoms with van der Waals surface area (Å²) in [5, 5.41) is 19.4. The number of thiol groups is 1. The maximum absolute atomic E-state index is 15.1. The second-order valence-electron chi connectivity index (χ2n) is 6.83. The number of carboxylic acid groups (broad SMARTS) is 1. The predicted molar refractivity (Wildman–Crippen MR) is 94.9 cm³/mol. The van der Waals surface area contributed by atoms with Crippen LogP contribution in [0.4, 0.5) is 8.78 Å². The molecule has 0 amide bonds. The molecule has 0 aliphatic heterocycles. The van der Waals surface area contributed by atoms with Crippen LogP contribution in [0.1, 0.15) is 51.7 Å². The summed E-state index contributed by atoms with van der Waals surface area (Å²) in [5.74, 6) is -3.88. The number of rotatable bonds is 9. The van der Waals surface area contributed by atoms with Crippen molar-refractivity contribution in [1.29, 1.82) is 0 Å². The van der Waals surface area contributed by atoms with Gasteiger partial charge < -0.3 is 0 Å². The Morgan fingerprint density at radius 2 is 1.92 bits per heavy atom. The minimum absolute atomic E-state index is 0.00979. The van der Waals surface area contributed by atoms with Gasteiger partial charge in [0.15, 0.2) is 0 Å². The van der Waals surface area contributed by atoms with E-state index in [4.69, 9.17) is 9.84 Å². The van der Waals surface area contributed by atoms with Crippen LogP contribution in [0.25, 0.3) is 0 Å². The van der Waals surface area contributed by atoms with Crippen LogP contribution in [-0.4, -0.2) is 28.0 Å². The maximum atomic E-state index is 15.1. The molecule has 0 radical (unpaired) electrons. The van der Waals surface area contributed by atoms with Gasteiger partial charge in [0.1, 0.15) is 0 Å². The predicted octanol–water partition coefficient (Wildman–Crippen LogP) is 3.11. The molecule has 0 saturated heterocycles. The van der Waals surface area contributed by atoms with E-state index in [0.717, 1.165) is 31.1 Å². The number of carboxylic acids is 1. The van der Waals surface area contributed by atoms with Crippen LogP contribution in [0.15, 0.2) is 0 Å². The van der Waals surface area contributed by atoms with Gasteiger partial charge in [0.05, 0.1) is 0 Å². The van der Waals surface area contributed by atoms with Crippen molar-refractivity contribution in [2.24, 2.45) is 5.92 Å². The Balaban J connectivity index is 3.43. The molecule has 2 atom stereocenters. The Morgan fingerprint density at radius 1 is 1.35 bits per heavy atom. The van der Waals surface area contributed by atoms with E-state index in [0.29, 0.717) is 6.42 Å². The Labute approximate surface area is 173 Å². The van der Waals surface area contributed by atoms with Crippen molar-refractivity contribution in [3.05, 3.63) is 22.8 Å². The fourth-order valence-corrected chi connectivity index (χ4v) is 4.22. The normalized spacial score (nSPS) is 14.2. The van der Waals surface area contributed by atoms with Crippen LogP contribution >= 0.6 is 12.6 Å². The Morgan fingerprint density at radius 3 is 2.38 bits per heavy atom. The first-order chi connectivity index (χ1) is 11.9. The van der Waals surface area contributed by atoms with Gasteiger partial charge in [-0.05, 0) is 0 Å². The standard InChI is InChI=1S/C18H25AtF2O4S/c1-5-10(26)6-7-25-16-11(8-9(2)17(22)23)14(20)13(19)12(15(16)21)18(3,4)24/h9-10,24,26H,5-8H2,1-4H3,(H,22,23). The quantitative estimate of drug-likeness (QED) is 0.390. The van der Waals surface area contributed by atoms with E-state index in [2.05, 4.69) is 12.6 Å². The number of halogens is 2. The summed E-state index contributed by atoms with van der Waals surface area (Å²) in [4.78, 5) is 11.2. The van der Waals surface area contributed by atoms with Crippen LogP contribution in [-0.2, 0) is 16.8 Å². The van der Waals surface area contributed by atoms with Gasteiger partial charge in [0, 0.05) is 0 Å². The van der Waals surface area contributed by atoms with E-state index in [1.54, 1.807) is 0 Å². The zero-order valence-corrected chi connectivity index (χ0v) is 19.1. The van der Waals surface area contributed by atoms with Gasteiger partial charge in [-0.3, -0.25) is 0 Å². The Bertz CT molecular complexity index is 662. The molecule has 1 aromatic carbocycles.